The van der Waals surface area contributed by atoms with Crippen molar-refractivity contribution in [3.8, 4) is 0 Å². The molecule has 0 spiro atoms. The van der Waals surface area contributed by atoms with Crippen LogP contribution in [0.25, 0.3) is 0 Å². The normalized spacial score (nSPS) is 15.7. The average Bonchev–Trinajstić information content (AvgIpc) is 2.89. The fraction of sp³-hybridized carbons (Fsp3) is 0.571. The number of aromatic nitrogens is 1. The fourth-order valence-electron chi connectivity index (χ4n) is 2.61. The molecule has 0 unspecified atom stereocenters. The maximum atomic E-state index is 12.5. The molecule has 1 aromatic rings. The van der Waals surface area contributed by atoms with E-state index in [1.807, 2.05) is 6.92 Å². The number of rotatable bonds is 4. The number of aryl methyl sites for hydroxylation is 1. The largest absolute Gasteiger partial charge is 0.395 e. The van der Waals surface area contributed by atoms with Crippen LogP contribution in [0.15, 0.2) is 12.3 Å². The number of nitrogens with zero attached hydrogens (tertiary/aromatic N) is 2. The van der Waals surface area contributed by atoms with Crippen LogP contribution >= 0.6 is 11.6 Å². The summed E-state index contributed by atoms with van der Waals surface area (Å²) in [7, 11) is 0. The number of pyridine rings is 1. The number of hydrogen-bond donors (Lipinski definition) is 1. The Labute approximate surface area is 118 Å². The summed E-state index contributed by atoms with van der Waals surface area (Å²) >= 11 is 6.13. The second-order valence-electron chi connectivity index (χ2n) is 4.97. The minimum absolute atomic E-state index is 0.0286. The van der Waals surface area contributed by atoms with Gasteiger partial charge >= 0.3 is 0 Å². The van der Waals surface area contributed by atoms with Gasteiger partial charge in [0.1, 0.15) is 0 Å². The van der Waals surface area contributed by atoms with Gasteiger partial charge in [0.15, 0.2) is 0 Å². The number of hydrogen-bond acceptors (Lipinski definition) is 3. The van der Waals surface area contributed by atoms with Gasteiger partial charge in [-0.15, -0.1) is 0 Å². The van der Waals surface area contributed by atoms with Crippen LogP contribution in [0.3, 0.4) is 0 Å². The number of halogens is 1. The Kier molecular flexibility index (Phi) is 4.77. The summed E-state index contributed by atoms with van der Waals surface area (Å²) in [6.07, 6.45) is 5.81. The van der Waals surface area contributed by atoms with Gasteiger partial charge in [0.2, 0.25) is 0 Å². The molecule has 1 saturated carbocycles. The number of carbonyl (C=O) groups excluding carboxylic acids is 1. The first kappa shape index (κ1) is 14.3. The molecule has 0 saturated heterocycles. The molecule has 1 aliphatic rings. The molecule has 1 heterocycles. The number of amides is 1. The zero-order valence-electron chi connectivity index (χ0n) is 11.1. The highest BCUT2D eigenvalue weighted by atomic mass is 35.5. The fourth-order valence-corrected chi connectivity index (χ4v) is 2.90. The van der Waals surface area contributed by atoms with Crippen molar-refractivity contribution < 1.29 is 9.90 Å². The van der Waals surface area contributed by atoms with E-state index in [0.717, 1.165) is 31.4 Å². The van der Waals surface area contributed by atoms with Crippen LogP contribution in [-0.2, 0) is 0 Å². The van der Waals surface area contributed by atoms with Crippen molar-refractivity contribution in [3.63, 3.8) is 0 Å². The Hall–Kier alpha value is -1.13. The monoisotopic (exact) mass is 282 g/mol. The first-order valence-corrected chi connectivity index (χ1v) is 7.05. The summed E-state index contributed by atoms with van der Waals surface area (Å²) in [5.74, 6) is -0.126. The summed E-state index contributed by atoms with van der Waals surface area (Å²) in [6, 6.07) is 1.91. The van der Waals surface area contributed by atoms with Gasteiger partial charge in [-0.1, -0.05) is 24.4 Å². The van der Waals surface area contributed by atoms with E-state index in [0.29, 0.717) is 17.1 Å². The average molecular weight is 283 g/mol. The highest BCUT2D eigenvalue weighted by Gasteiger charge is 2.28. The summed E-state index contributed by atoms with van der Waals surface area (Å²) in [4.78, 5) is 18.4. The standard InChI is InChI=1S/C14H19ClN2O2/c1-10-8-13(15)12(9-16-10)14(19)17(6-7-18)11-4-2-3-5-11/h8-9,11,18H,2-7H2,1H3. The van der Waals surface area contributed by atoms with E-state index in [1.165, 1.54) is 6.20 Å². The van der Waals surface area contributed by atoms with Crippen LogP contribution in [-0.4, -0.2) is 40.1 Å². The Bertz CT molecular complexity index is 459. The molecule has 0 aromatic carbocycles. The van der Waals surface area contributed by atoms with Gasteiger partial charge in [-0.05, 0) is 25.8 Å². The summed E-state index contributed by atoms with van der Waals surface area (Å²) in [6.45, 7) is 2.16. The van der Waals surface area contributed by atoms with E-state index in [9.17, 15) is 4.79 Å². The molecule has 1 aliphatic carbocycles. The second kappa shape index (κ2) is 6.35. The third-order valence-electron chi connectivity index (χ3n) is 3.59. The molecule has 2 rings (SSSR count). The predicted octanol–water partition coefficient (Wildman–Crippen LogP) is 2.42. The molecule has 0 atom stereocenters. The molecule has 0 radical (unpaired) electrons. The Balaban J connectivity index is 2.22. The van der Waals surface area contributed by atoms with Crippen LogP contribution in [0.5, 0.6) is 0 Å². The van der Waals surface area contributed by atoms with Gasteiger partial charge in [0.05, 0.1) is 17.2 Å². The van der Waals surface area contributed by atoms with Gasteiger partial charge in [0, 0.05) is 24.5 Å². The zero-order chi connectivity index (χ0) is 13.8. The van der Waals surface area contributed by atoms with Gasteiger partial charge < -0.3 is 10.0 Å². The first-order chi connectivity index (χ1) is 9.13. The van der Waals surface area contributed by atoms with Crippen molar-refractivity contribution in [2.45, 2.75) is 38.6 Å². The maximum absolute atomic E-state index is 12.5. The molecule has 19 heavy (non-hydrogen) atoms. The van der Waals surface area contributed by atoms with Crippen molar-refractivity contribution in [2.75, 3.05) is 13.2 Å². The Morgan fingerprint density at radius 2 is 2.21 bits per heavy atom. The number of aliphatic hydroxyl groups excluding tert-OH is 1. The smallest absolute Gasteiger partial charge is 0.257 e. The first-order valence-electron chi connectivity index (χ1n) is 6.67. The third-order valence-corrected chi connectivity index (χ3v) is 3.90. The topological polar surface area (TPSA) is 53.4 Å². The maximum Gasteiger partial charge on any atom is 0.257 e. The van der Waals surface area contributed by atoms with Crippen molar-refractivity contribution in [1.29, 1.82) is 0 Å². The van der Waals surface area contributed by atoms with Crippen molar-refractivity contribution >= 4 is 17.5 Å². The summed E-state index contributed by atoms with van der Waals surface area (Å²) < 4.78 is 0. The molecule has 1 amide bonds. The van der Waals surface area contributed by atoms with Crippen LogP contribution in [0.1, 0.15) is 41.7 Å². The van der Waals surface area contributed by atoms with Crippen LogP contribution in [0.4, 0.5) is 0 Å². The lowest BCUT2D eigenvalue weighted by Crippen LogP contribution is -2.40. The van der Waals surface area contributed by atoms with Gasteiger partial charge in [0.25, 0.3) is 5.91 Å². The van der Waals surface area contributed by atoms with Gasteiger partial charge in [-0.25, -0.2) is 0 Å². The molecule has 0 bridgehead atoms. The minimum Gasteiger partial charge on any atom is -0.395 e. The lowest BCUT2D eigenvalue weighted by atomic mass is 10.1. The van der Waals surface area contributed by atoms with Crippen molar-refractivity contribution in [3.05, 3.63) is 28.5 Å². The molecular formula is C14H19ClN2O2. The summed E-state index contributed by atoms with van der Waals surface area (Å²) in [5.41, 5.74) is 1.21. The number of aliphatic hydroxyl groups is 1. The van der Waals surface area contributed by atoms with E-state index in [2.05, 4.69) is 4.98 Å². The van der Waals surface area contributed by atoms with E-state index >= 15 is 0 Å². The Morgan fingerprint density at radius 3 is 2.79 bits per heavy atom. The van der Waals surface area contributed by atoms with Crippen molar-refractivity contribution in [2.24, 2.45) is 0 Å². The minimum atomic E-state index is -0.126. The lowest BCUT2D eigenvalue weighted by Gasteiger charge is -2.28. The molecule has 1 N–H and O–H groups in total. The lowest BCUT2D eigenvalue weighted by molar-refractivity contribution is 0.0638. The molecule has 104 valence electrons. The van der Waals surface area contributed by atoms with E-state index < -0.39 is 0 Å². The molecule has 4 nitrogen and oxygen atoms in total. The van der Waals surface area contributed by atoms with E-state index in [-0.39, 0.29) is 18.6 Å². The van der Waals surface area contributed by atoms with Crippen LogP contribution < -0.4 is 0 Å². The highest BCUT2D eigenvalue weighted by molar-refractivity contribution is 6.33. The molecule has 1 fully saturated rings. The van der Waals surface area contributed by atoms with Gasteiger partial charge in [-0.3, -0.25) is 9.78 Å². The zero-order valence-corrected chi connectivity index (χ0v) is 11.9. The predicted molar refractivity (Wildman–Crippen MR) is 74.4 cm³/mol. The van der Waals surface area contributed by atoms with E-state index in [4.69, 9.17) is 16.7 Å². The second-order valence-corrected chi connectivity index (χ2v) is 5.37. The van der Waals surface area contributed by atoms with E-state index in [1.54, 1.807) is 11.0 Å². The summed E-state index contributed by atoms with van der Waals surface area (Å²) in [5, 5.41) is 9.59. The SMILES string of the molecule is Cc1cc(Cl)c(C(=O)N(CCO)C2CCCC2)cn1. The highest BCUT2D eigenvalue weighted by Crippen LogP contribution is 2.26. The van der Waals surface area contributed by atoms with Gasteiger partial charge in [-0.2, -0.15) is 0 Å². The third kappa shape index (κ3) is 3.25. The number of carbonyl (C=O) groups is 1. The quantitative estimate of drug-likeness (QED) is 0.923. The molecule has 5 heteroatoms. The molecule has 0 aliphatic heterocycles. The van der Waals surface area contributed by atoms with Crippen LogP contribution in [0.2, 0.25) is 5.02 Å². The Morgan fingerprint density at radius 1 is 1.53 bits per heavy atom. The van der Waals surface area contributed by atoms with Crippen LogP contribution in [0, 0.1) is 6.92 Å². The molecular weight excluding hydrogens is 264 g/mol. The van der Waals surface area contributed by atoms with Crippen molar-refractivity contribution in [1.82, 2.24) is 9.88 Å². The molecule has 1 aromatic heterocycles.